The highest BCUT2D eigenvalue weighted by molar-refractivity contribution is 5.77. The average molecular weight is 386 g/mol. The summed E-state index contributed by atoms with van der Waals surface area (Å²) in [7, 11) is 0. The number of amides is 1. The predicted molar refractivity (Wildman–Crippen MR) is 101 cm³/mol. The summed E-state index contributed by atoms with van der Waals surface area (Å²) >= 11 is 0. The van der Waals surface area contributed by atoms with Gasteiger partial charge in [-0.05, 0) is 25.5 Å². The second-order valence-corrected chi connectivity index (χ2v) is 6.84. The van der Waals surface area contributed by atoms with Crippen LogP contribution in [-0.2, 0) is 11.3 Å². The van der Waals surface area contributed by atoms with Crippen LogP contribution in [0.3, 0.4) is 0 Å². The minimum absolute atomic E-state index is 0.0654. The predicted octanol–water partition coefficient (Wildman–Crippen LogP) is 3.06. The number of fused-ring (bicyclic) bond motifs is 1. The first kappa shape index (κ1) is 18.6. The molecule has 2 N–H and O–H groups in total. The largest absolute Gasteiger partial charge is 0.493 e. The summed E-state index contributed by atoms with van der Waals surface area (Å²) < 4.78 is 31.0. The fourth-order valence-electron chi connectivity index (χ4n) is 3.68. The molecule has 0 aliphatic carbocycles. The molecule has 28 heavy (non-hydrogen) atoms. The summed E-state index contributed by atoms with van der Waals surface area (Å²) in [6, 6.07) is 9.76. The zero-order valence-corrected chi connectivity index (χ0v) is 15.7. The number of halogens is 1. The highest BCUT2D eigenvalue weighted by Crippen LogP contribution is 2.38. The van der Waals surface area contributed by atoms with Crippen LogP contribution in [0, 0.1) is 5.82 Å². The maximum absolute atomic E-state index is 14.3. The fraction of sp³-hybridized carbons (Fsp3) is 0.381. The van der Waals surface area contributed by atoms with Crippen molar-refractivity contribution in [2.75, 3.05) is 13.4 Å². The lowest BCUT2D eigenvalue weighted by molar-refractivity contribution is -0.123. The van der Waals surface area contributed by atoms with Crippen LogP contribution in [0.2, 0.25) is 0 Å². The normalized spacial score (nSPS) is 20.7. The van der Waals surface area contributed by atoms with Gasteiger partial charge in [0.25, 0.3) is 0 Å². The van der Waals surface area contributed by atoms with Crippen molar-refractivity contribution >= 4 is 5.91 Å². The Morgan fingerprint density at radius 3 is 2.82 bits per heavy atom. The third-order valence-corrected chi connectivity index (χ3v) is 5.05. The maximum atomic E-state index is 14.3. The van der Waals surface area contributed by atoms with Crippen LogP contribution in [0.25, 0.3) is 0 Å². The SMILES string of the molecule is CCOc1cc2c(cc1CN[C@@H]1CCC(=O)N[C@H]1c1ccccc1F)OCO2. The number of ether oxygens (including phenoxy) is 3. The minimum Gasteiger partial charge on any atom is -0.493 e. The Bertz CT molecular complexity index is 873. The van der Waals surface area contributed by atoms with E-state index in [9.17, 15) is 9.18 Å². The van der Waals surface area contributed by atoms with Gasteiger partial charge in [-0.25, -0.2) is 4.39 Å². The summed E-state index contributed by atoms with van der Waals surface area (Å²) in [4.78, 5) is 11.9. The Morgan fingerprint density at radius 2 is 2.04 bits per heavy atom. The Kier molecular flexibility index (Phi) is 5.34. The standard InChI is InChI=1S/C21H23FN2O4/c1-2-26-17-10-19-18(27-12-28-19)9-13(17)11-23-16-7-8-20(25)24-21(16)14-5-3-4-6-15(14)22/h3-6,9-10,16,21,23H,2,7-8,11-12H2,1H3,(H,24,25)/t16-,21+/m1/s1. The van der Waals surface area contributed by atoms with E-state index in [1.165, 1.54) is 6.07 Å². The number of rotatable bonds is 6. The second-order valence-electron chi connectivity index (χ2n) is 6.84. The molecule has 4 rings (SSSR count). The van der Waals surface area contributed by atoms with Gasteiger partial charge in [0.1, 0.15) is 11.6 Å². The van der Waals surface area contributed by atoms with E-state index in [0.29, 0.717) is 43.1 Å². The second kappa shape index (κ2) is 8.06. The van der Waals surface area contributed by atoms with Crippen molar-refractivity contribution in [3.63, 3.8) is 0 Å². The van der Waals surface area contributed by atoms with E-state index in [1.54, 1.807) is 18.2 Å². The lowest BCUT2D eigenvalue weighted by Crippen LogP contribution is -2.48. The van der Waals surface area contributed by atoms with Gasteiger partial charge >= 0.3 is 0 Å². The molecule has 0 radical (unpaired) electrons. The van der Waals surface area contributed by atoms with Gasteiger partial charge in [0.2, 0.25) is 12.7 Å². The zero-order chi connectivity index (χ0) is 19.5. The molecular formula is C21H23FN2O4. The van der Waals surface area contributed by atoms with Gasteiger partial charge in [-0.3, -0.25) is 4.79 Å². The fourth-order valence-corrected chi connectivity index (χ4v) is 3.68. The van der Waals surface area contributed by atoms with Crippen LogP contribution in [-0.4, -0.2) is 25.3 Å². The maximum Gasteiger partial charge on any atom is 0.231 e. The van der Waals surface area contributed by atoms with E-state index in [2.05, 4.69) is 10.6 Å². The summed E-state index contributed by atoms with van der Waals surface area (Å²) in [6.45, 7) is 3.15. The molecule has 7 heteroatoms. The van der Waals surface area contributed by atoms with E-state index in [1.807, 2.05) is 19.1 Å². The lowest BCUT2D eigenvalue weighted by Gasteiger charge is -2.33. The molecule has 2 heterocycles. The van der Waals surface area contributed by atoms with E-state index in [-0.39, 0.29) is 24.6 Å². The molecule has 2 aliphatic heterocycles. The molecule has 0 saturated carbocycles. The zero-order valence-electron chi connectivity index (χ0n) is 15.7. The molecule has 1 fully saturated rings. The van der Waals surface area contributed by atoms with Crippen molar-refractivity contribution < 1.29 is 23.4 Å². The number of hydrogen-bond acceptors (Lipinski definition) is 5. The highest BCUT2D eigenvalue weighted by Gasteiger charge is 2.31. The van der Waals surface area contributed by atoms with E-state index in [0.717, 1.165) is 11.3 Å². The molecule has 6 nitrogen and oxygen atoms in total. The van der Waals surface area contributed by atoms with E-state index in [4.69, 9.17) is 14.2 Å². The van der Waals surface area contributed by atoms with Crippen LogP contribution < -0.4 is 24.8 Å². The number of carbonyl (C=O) groups is 1. The molecule has 0 aromatic heterocycles. The van der Waals surface area contributed by atoms with Crippen LogP contribution >= 0.6 is 0 Å². The first-order valence-corrected chi connectivity index (χ1v) is 9.48. The Morgan fingerprint density at radius 1 is 1.25 bits per heavy atom. The van der Waals surface area contributed by atoms with Gasteiger partial charge in [-0.1, -0.05) is 18.2 Å². The summed E-state index contributed by atoms with van der Waals surface area (Å²) in [5.74, 6) is 1.69. The van der Waals surface area contributed by atoms with E-state index < -0.39 is 6.04 Å². The number of piperidine rings is 1. The number of benzene rings is 2. The van der Waals surface area contributed by atoms with Gasteiger partial charge in [-0.2, -0.15) is 0 Å². The summed E-state index contributed by atoms with van der Waals surface area (Å²) in [6.07, 6.45) is 1.03. The van der Waals surface area contributed by atoms with Gasteiger partial charge in [0.05, 0.1) is 12.6 Å². The van der Waals surface area contributed by atoms with Crippen molar-refractivity contribution in [3.8, 4) is 17.2 Å². The van der Waals surface area contributed by atoms with Gasteiger partial charge in [0.15, 0.2) is 11.5 Å². The molecule has 148 valence electrons. The van der Waals surface area contributed by atoms with Crippen molar-refractivity contribution in [2.45, 2.75) is 38.4 Å². The smallest absolute Gasteiger partial charge is 0.231 e. The third kappa shape index (κ3) is 3.75. The van der Waals surface area contributed by atoms with Gasteiger partial charge < -0.3 is 24.8 Å². The van der Waals surface area contributed by atoms with Crippen molar-refractivity contribution in [1.82, 2.24) is 10.6 Å². The number of hydrogen-bond donors (Lipinski definition) is 2. The Hall–Kier alpha value is -2.80. The van der Waals surface area contributed by atoms with Crippen molar-refractivity contribution in [1.29, 1.82) is 0 Å². The molecule has 0 bridgehead atoms. The molecule has 0 spiro atoms. The molecule has 2 aromatic rings. The topological polar surface area (TPSA) is 68.8 Å². The summed E-state index contributed by atoms with van der Waals surface area (Å²) in [5.41, 5.74) is 1.42. The van der Waals surface area contributed by atoms with Crippen LogP contribution in [0.1, 0.15) is 36.9 Å². The average Bonchev–Trinajstić information content (AvgIpc) is 3.15. The molecule has 1 amide bonds. The number of nitrogens with one attached hydrogen (secondary N) is 2. The number of carbonyl (C=O) groups excluding carboxylic acids is 1. The van der Waals surface area contributed by atoms with Crippen molar-refractivity contribution in [3.05, 3.63) is 53.3 Å². The molecule has 2 aromatic carbocycles. The van der Waals surface area contributed by atoms with Crippen LogP contribution in [0.5, 0.6) is 17.2 Å². The molecular weight excluding hydrogens is 363 g/mol. The molecule has 2 aliphatic rings. The first-order valence-electron chi connectivity index (χ1n) is 9.48. The van der Waals surface area contributed by atoms with Gasteiger partial charge in [-0.15, -0.1) is 0 Å². The molecule has 2 atom stereocenters. The Balaban J connectivity index is 1.54. The highest BCUT2D eigenvalue weighted by atomic mass is 19.1. The van der Waals surface area contributed by atoms with E-state index >= 15 is 0 Å². The minimum atomic E-state index is -0.424. The molecule has 0 unspecified atom stereocenters. The first-order chi connectivity index (χ1) is 13.7. The molecule has 1 saturated heterocycles. The Labute approximate surface area is 163 Å². The quantitative estimate of drug-likeness (QED) is 0.799. The monoisotopic (exact) mass is 386 g/mol. The third-order valence-electron chi connectivity index (χ3n) is 5.05. The summed E-state index contributed by atoms with van der Waals surface area (Å²) in [5, 5.41) is 6.39. The van der Waals surface area contributed by atoms with Gasteiger partial charge in [0, 0.05) is 36.2 Å². The van der Waals surface area contributed by atoms with Crippen molar-refractivity contribution in [2.24, 2.45) is 0 Å². The van der Waals surface area contributed by atoms with Crippen LogP contribution in [0.4, 0.5) is 4.39 Å². The lowest BCUT2D eigenvalue weighted by atomic mass is 9.91. The van der Waals surface area contributed by atoms with Crippen LogP contribution in [0.15, 0.2) is 36.4 Å².